The molecule has 3 heteroatoms. The lowest BCUT2D eigenvalue weighted by atomic mass is 10.1. The van der Waals surface area contributed by atoms with Gasteiger partial charge in [0.05, 0.1) is 12.7 Å². The van der Waals surface area contributed by atoms with Crippen LogP contribution in [0.2, 0.25) is 0 Å². The molecule has 3 nitrogen and oxygen atoms in total. The van der Waals surface area contributed by atoms with Gasteiger partial charge in [0, 0.05) is 11.5 Å². The lowest BCUT2D eigenvalue weighted by Crippen LogP contribution is -1.88. The molecule has 0 spiro atoms. The standard InChI is InChI=1S/C11H6N2O/c1-14-11-7-9(3-2-6-12)4-5-10(11)8-13/h4-5,7H,1H3. The Kier molecular flexibility index (Phi) is 3.14. The van der Waals surface area contributed by atoms with E-state index in [1.165, 1.54) is 7.11 Å². The summed E-state index contributed by atoms with van der Waals surface area (Å²) in [7, 11) is 1.48. The second kappa shape index (κ2) is 4.55. The molecule has 0 amide bonds. The number of hydrogen-bond donors (Lipinski definition) is 0. The summed E-state index contributed by atoms with van der Waals surface area (Å²) in [6, 6.07) is 8.62. The van der Waals surface area contributed by atoms with Gasteiger partial charge in [0.1, 0.15) is 11.8 Å². The van der Waals surface area contributed by atoms with Crippen molar-refractivity contribution in [2.75, 3.05) is 7.11 Å². The molecule has 0 N–H and O–H groups in total. The monoisotopic (exact) mass is 182 g/mol. The van der Waals surface area contributed by atoms with Crippen LogP contribution in [0.1, 0.15) is 11.1 Å². The van der Waals surface area contributed by atoms with Gasteiger partial charge in [-0.15, -0.1) is 0 Å². The Morgan fingerprint density at radius 1 is 1.29 bits per heavy atom. The summed E-state index contributed by atoms with van der Waals surface area (Å²) in [5, 5.41) is 16.9. The fourth-order valence-electron chi connectivity index (χ4n) is 0.961. The molecule has 0 aromatic heterocycles. The van der Waals surface area contributed by atoms with Crippen LogP contribution in [-0.4, -0.2) is 7.11 Å². The Labute approximate surface area is 82.2 Å². The molecule has 0 saturated carbocycles. The molecule has 14 heavy (non-hydrogen) atoms. The number of nitrogens with zero attached hydrogens (tertiary/aromatic N) is 2. The molecule has 0 aliphatic rings. The van der Waals surface area contributed by atoms with Gasteiger partial charge in [0.15, 0.2) is 6.07 Å². The minimum Gasteiger partial charge on any atom is -0.495 e. The topological polar surface area (TPSA) is 56.8 Å². The Morgan fingerprint density at radius 2 is 2.07 bits per heavy atom. The molecule has 0 saturated heterocycles. The summed E-state index contributed by atoms with van der Waals surface area (Å²) >= 11 is 0. The maximum absolute atomic E-state index is 8.70. The average Bonchev–Trinajstić information content (AvgIpc) is 2.25. The van der Waals surface area contributed by atoms with E-state index in [1.807, 2.05) is 6.07 Å². The van der Waals surface area contributed by atoms with Gasteiger partial charge in [0.25, 0.3) is 0 Å². The minimum absolute atomic E-state index is 0.454. The highest BCUT2D eigenvalue weighted by Crippen LogP contribution is 2.18. The van der Waals surface area contributed by atoms with Crippen molar-refractivity contribution < 1.29 is 4.74 Å². The molecule has 0 radical (unpaired) electrons. The number of nitriles is 2. The van der Waals surface area contributed by atoms with E-state index in [1.54, 1.807) is 24.3 Å². The molecule has 0 bridgehead atoms. The highest BCUT2D eigenvalue weighted by molar-refractivity contribution is 5.50. The van der Waals surface area contributed by atoms with E-state index in [0.717, 1.165) is 0 Å². The molecule has 0 unspecified atom stereocenters. The quantitative estimate of drug-likeness (QED) is 0.617. The summed E-state index contributed by atoms with van der Waals surface area (Å²) in [6.45, 7) is 0. The van der Waals surface area contributed by atoms with Gasteiger partial charge < -0.3 is 4.74 Å². The zero-order valence-corrected chi connectivity index (χ0v) is 7.53. The molecule has 0 atom stereocenters. The van der Waals surface area contributed by atoms with E-state index in [-0.39, 0.29) is 0 Å². The van der Waals surface area contributed by atoms with E-state index in [2.05, 4.69) is 11.8 Å². The predicted molar refractivity (Wildman–Crippen MR) is 50.2 cm³/mol. The summed E-state index contributed by atoms with van der Waals surface area (Å²) < 4.78 is 4.98. The van der Waals surface area contributed by atoms with Crippen LogP contribution in [0, 0.1) is 34.5 Å². The Balaban J connectivity index is 3.17. The molecule has 0 heterocycles. The number of rotatable bonds is 1. The third-order valence-corrected chi connectivity index (χ3v) is 1.58. The molecular formula is C11H6N2O. The van der Waals surface area contributed by atoms with Crippen LogP contribution in [0.5, 0.6) is 5.75 Å². The first-order valence-corrected chi connectivity index (χ1v) is 3.80. The van der Waals surface area contributed by atoms with Crippen LogP contribution in [-0.2, 0) is 0 Å². The molecule has 0 aliphatic carbocycles. The Hall–Kier alpha value is -2.44. The maximum atomic E-state index is 8.70. The predicted octanol–water partition coefficient (Wildman–Crippen LogP) is 1.44. The van der Waals surface area contributed by atoms with Crippen molar-refractivity contribution in [1.82, 2.24) is 0 Å². The van der Waals surface area contributed by atoms with E-state index in [9.17, 15) is 0 Å². The molecule has 1 rings (SSSR count). The van der Waals surface area contributed by atoms with Crippen LogP contribution in [0.4, 0.5) is 0 Å². The number of benzene rings is 1. The van der Waals surface area contributed by atoms with Crippen LogP contribution >= 0.6 is 0 Å². The molecular weight excluding hydrogens is 176 g/mol. The van der Waals surface area contributed by atoms with Crippen molar-refractivity contribution in [1.29, 1.82) is 10.5 Å². The smallest absolute Gasteiger partial charge is 0.152 e. The Bertz CT molecular complexity index is 481. The fraction of sp³-hybridized carbons (Fsp3) is 0.0909. The highest BCUT2D eigenvalue weighted by atomic mass is 16.5. The van der Waals surface area contributed by atoms with Crippen molar-refractivity contribution in [3.63, 3.8) is 0 Å². The number of hydrogen-bond acceptors (Lipinski definition) is 3. The SMILES string of the molecule is COc1cc(C#CC#N)ccc1C#N. The summed E-state index contributed by atoms with van der Waals surface area (Å²) in [5.74, 6) is 5.36. The van der Waals surface area contributed by atoms with Crippen LogP contribution in [0.25, 0.3) is 0 Å². The summed E-state index contributed by atoms with van der Waals surface area (Å²) in [5.41, 5.74) is 1.11. The third kappa shape index (κ3) is 2.03. The van der Waals surface area contributed by atoms with Gasteiger partial charge in [-0.2, -0.15) is 10.5 Å². The van der Waals surface area contributed by atoms with Crippen molar-refractivity contribution in [3.8, 4) is 29.7 Å². The first-order valence-electron chi connectivity index (χ1n) is 3.80. The largest absolute Gasteiger partial charge is 0.495 e. The van der Waals surface area contributed by atoms with Crippen LogP contribution < -0.4 is 4.74 Å². The minimum atomic E-state index is 0.454. The maximum Gasteiger partial charge on any atom is 0.152 e. The molecule has 0 fully saturated rings. The molecule has 1 aromatic rings. The molecule has 1 aromatic carbocycles. The highest BCUT2D eigenvalue weighted by Gasteiger charge is 2.01. The van der Waals surface area contributed by atoms with E-state index >= 15 is 0 Å². The second-order valence-electron chi connectivity index (χ2n) is 2.39. The van der Waals surface area contributed by atoms with Crippen LogP contribution in [0.3, 0.4) is 0 Å². The normalized spacial score (nSPS) is 7.64. The fourth-order valence-corrected chi connectivity index (χ4v) is 0.961. The second-order valence-corrected chi connectivity index (χ2v) is 2.39. The van der Waals surface area contributed by atoms with Gasteiger partial charge in [-0.25, -0.2) is 0 Å². The van der Waals surface area contributed by atoms with Crippen molar-refractivity contribution in [2.24, 2.45) is 0 Å². The molecule has 0 aliphatic heterocycles. The van der Waals surface area contributed by atoms with Crippen LogP contribution in [0.15, 0.2) is 18.2 Å². The van der Waals surface area contributed by atoms with Gasteiger partial charge in [-0.05, 0) is 18.2 Å². The number of methoxy groups -OCH3 is 1. The summed E-state index contributed by atoms with van der Waals surface area (Å²) in [6.07, 6.45) is 0. The first-order chi connectivity index (χ1) is 6.81. The van der Waals surface area contributed by atoms with E-state index in [0.29, 0.717) is 16.9 Å². The zero-order chi connectivity index (χ0) is 10.4. The Morgan fingerprint density at radius 3 is 2.64 bits per heavy atom. The zero-order valence-electron chi connectivity index (χ0n) is 7.53. The first kappa shape index (κ1) is 9.65. The number of ether oxygens (including phenoxy) is 1. The van der Waals surface area contributed by atoms with E-state index < -0.39 is 0 Å². The van der Waals surface area contributed by atoms with Gasteiger partial charge >= 0.3 is 0 Å². The van der Waals surface area contributed by atoms with Crippen molar-refractivity contribution in [3.05, 3.63) is 29.3 Å². The van der Waals surface area contributed by atoms with Crippen molar-refractivity contribution in [2.45, 2.75) is 0 Å². The van der Waals surface area contributed by atoms with Crippen molar-refractivity contribution >= 4 is 0 Å². The van der Waals surface area contributed by atoms with Gasteiger partial charge in [-0.3, -0.25) is 0 Å². The lowest BCUT2D eigenvalue weighted by Gasteiger charge is -2.01. The lowest BCUT2D eigenvalue weighted by molar-refractivity contribution is 0.413. The van der Waals surface area contributed by atoms with Gasteiger partial charge in [-0.1, -0.05) is 5.92 Å². The summed E-state index contributed by atoms with van der Waals surface area (Å²) in [4.78, 5) is 0. The molecule has 66 valence electrons. The third-order valence-electron chi connectivity index (χ3n) is 1.58. The average molecular weight is 182 g/mol. The van der Waals surface area contributed by atoms with Gasteiger partial charge in [0.2, 0.25) is 0 Å². The van der Waals surface area contributed by atoms with E-state index in [4.69, 9.17) is 15.3 Å².